The number of benzene rings is 1. The molecule has 0 fully saturated rings. The number of pyridine rings is 1. The van der Waals surface area contributed by atoms with E-state index < -0.39 is 46.0 Å². The fraction of sp³-hybridized carbons (Fsp3) is 0.273. The predicted molar refractivity (Wildman–Crippen MR) is 136 cm³/mol. The minimum Gasteiger partial charge on any atom is -0.382 e. The third-order valence-corrected chi connectivity index (χ3v) is 6.30. The quantitative estimate of drug-likeness (QED) is 0.288. The summed E-state index contributed by atoms with van der Waals surface area (Å²) in [6, 6.07) is 8.80. The van der Waals surface area contributed by atoms with Gasteiger partial charge in [0.25, 0.3) is 0 Å². The van der Waals surface area contributed by atoms with Crippen LogP contribution in [0.3, 0.4) is 0 Å². The van der Waals surface area contributed by atoms with Crippen molar-refractivity contribution in [2.75, 3.05) is 17.3 Å². The van der Waals surface area contributed by atoms with Crippen LogP contribution < -0.4 is 11.0 Å². The second-order valence-corrected chi connectivity index (χ2v) is 11.1. The van der Waals surface area contributed by atoms with Gasteiger partial charge in [-0.2, -0.15) is 13.2 Å². The molecule has 18 heteroatoms. The number of anilines is 1. The highest BCUT2D eigenvalue weighted by atomic mass is 35.5. The molecule has 212 valence electrons. The number of carbonyl (C=O) groups excluding carboxylic acids is 1. The van der Waals surface area contributed by atoms with Crippen LogP contribution in [0.15, 0.2) is 53.7 Å². The van der Waals surface area contributed by atoms with Gasteiger partial charge in [0.05, 0.1) is 12.2 Å². The second-order valence-electron chi connectivity index (χ2n) is 8.54. The lowest BCUT2D eigenvalue weighted by atomic mass is 10.2. The Kier molecular flexibility index (Phi) is 8.08. The summed E-state index contributed by atoms with van der Waals surface area (Å²) in [6.45, 7) is -1.48. The Morgan fingerprint density at radius 1 is 1.15 bits per heavy atom. The summed E-state index contributed by atoms with van der Waals surface area (Å²) in [5.74, 6) is -1.62. The topological polar surface area (TPSA) is 167 Å². The van der Waals surface area contributed by atoms with Crippen LogP contribution in [0.2, 0.25) is 5.02 Å². The van der Waals surface area contributed by atoms with Crippen molar-refractivity contribution in [3.63, 3.8) is 0 Å². The Morgan fingerprint density at radius 2 is 1.85 bits per heavy atom. The first-order chi connectivity index (χ1) is 18.7. The number of hydrogen-bond acceptors (Lipinski definition) is 9. The van der Waals surface area contributed by atoms with Crippen molar-refractivity contribution in [3.8, 4) is 17.2 Å². The largest absolute Gasteiger partial charge is 0.416 e. The van der Waals surface area contributed by atoms with Crippen LogP contribution in [-0.2, 0) is 27.7 Å². The van der Waals surface area contributed by atoms with E-state index in [-0.39, 0.29) is 35.3 Å². The van der Waals surface area contributed by atoms with Crippen molar-refractivity contribution in [1.82, 2.24) is 34.1 Å². The molecule has 0 radical (unpaired) electrons. The maximum Gasteiger partial charge on any atom is 0.416 e. The molecule has 4 rings (SSSR count). The van der Waals surface area contributed by atoms with Gasteiger partial charge in [0, 0.05) is 23.0 Å². The zero-order valence-corrected chi connectivity index (χ0v) is 22.0. The Morgan fingerprint density at radius 3 is 2.50 bits per heavy atom. The van der Waals surface area contributed by atoms with Gasteiger partial charge >= 0.3 is 11.9 Å². The van der Waals surface area contributed by atoms with Crippen molar-refractivity contribution in [1.29, 1.82) is 0 Å². The highest BCUT2D eigenvalue weighted by molar-refractivity contribution is 7.91. The summed E-state index contributed by atoms with van der Waals surface area (Å²) in [4.78, 5) is 33.3. The molecule has 0 saturated carbocycles. The second kappa shape index (κ2) is 11.2. The molecule has 0 saturated heterocycles. The number of amides is 1. The standard InChI is InChI=1S/C22H20ClF3N8O5S/c1-40(38,39)11-18(36)29-15-3-2-8-27-20(15)34-12-28-17(30-34)10-33-21(37)32(9-16(35)22(24,25)26)19(31-33)13-4-6-14(23)7-5-13/h2-8,12,16,35H,9-11H2,1H3,(H,29,36). The third kappa shape index (κ3) is 6.91. The number of sulfone groups is 1. The fourth-order valence-electron chi connectivity index (χ4n) is 3.50. The number of nitrogens with one attached hydrogen (secondary N) is 1. The van der Waals surface area contributed by atoms with E-state index in [0.717, 1.165) is 15.6 Å². The van der Waals surface area contributed by atoms with Gasteiger partial charge in [0.1, 0.15) is 18.6 Å². The molecular formula is C22H20ClF3N8O5S. The monoisotopic (exact) mass is 600 g/mol. The molecule has 4 aromatic rings. The summed E-state index contributed by atoms with van der Waals surface area (Å²) < 4.78 is 64.7. The zero-order chi connectivity index (χ0) is 29.2. The zero-order valence-electron chi connectivity index (χ0n) is 20.4. The van der Waals surface area contributed by atoms with Crippen molar-refractivity contribution < 1.29 is 31.5 Å². The molecule has 3 heterocycles. The van der Waals surface area contributed by atoms with Crippen LogP contribution in [-0.4, -0.2) is 77.8 Å². The lowest BCUT2D eigenvalue weighted by Gasteiger charge is -2.15. The summed E-state index contributed by atoms with van der Waals surface area (Å²) >= 11 is 5.89. The van der Waals surface area contributed by atoms with Gasteiger partial charge in [0.15, 0.2) is 33.4 Å². The number of aromatic nitrogens is 7. The SMILES string of the molecule is CS(=O)(=O)CC(=O)Nc1cccnc1-n1cnc(Cn2nc(-c3ccc(Cl)cc3)n(CC(O)C(F)(F)F)c2=O)n1. The normalized spacial score (nSPS) is 12.8. The molecule has 13 nitrogen and oxygen atoms in total. The van der Waals surface area contributed by atoms with E-state index in [1.165, 1.54) is 48.9 Å². The van der Waals surface area contributed by atoms with Crippen LogP contribution >= 0.6 is 11.6 Å². The molecule has 0 bridgehead atoms. The van der Waals surface area contributed by atoms with Gasteiger partial charge in [-0.05, 0) is 36.4 Å². The Labute approximate surface area is 228 Å². The van der Waals surface area contributed by atoms with Gasteiger partial charge in [-0.1, -0.05) is 11.6 Å². The van der Waals surface area contributed by atoms with Gasteiger partial charge in [-0.15, -0.1) is 10.2 Å². The van der Waals surface area contributed by atoms with Crippen molar-refractivity contribution in [3.05, 3.63) is 70.3 Å². The van der Waals surface area contributed by atoms with Crippen molar-refractivity contribution in [2.45, 2.75) is 25.4 Å². The van der Waals surface area contributed by atoms with Gasteiger partial charge in [0.2, 0.25) is 5.91 Å². The van der Waals surface area contributed by atoms with Crippen LogP contribution in [0, 0.1) is 0 Å². The lowest BCUT2D eigenvalue weighted by molar-refractivity contribution is -0.207. The molecule has 1 unspecified atom stereocenters. The number of alkyl halides is 3. The summed E-state index contributed by atoms with van der Waals surface area (Å²) in [5, 5.41) is 20.7. The summed E-state index contributed by atoms with van der Waals surface area (Å²) in [7, 11) is -3.59. The smallest absolute Gasteiger partial charge is 0.382 e. The molecule has 0 aliphatic carbocycles. The molecular weight excluding hydrogens is 581 g/mol. The summed E-state index contributed by atoms with van der Waals surface area (Å²) in [5.41, 5.74) is -0.563. The van der Waals surface area contributed by atoms with Crippen LogP contribution in [0.4, 0.5) is 18.9 Å². The van der Waals surface area contributed by atoms with E-state index in [4.69, 9.17) is 11.6 Å². The number of carbonyl (C=O) groups is 1. The van der Waals surface area contributed by atoms with E-state index in [9.17, 15) is 36.3 Å². The molecule has 3 aromatic heterocycles. The number of hydrogen-bond donors (Lipinski definition) is 2. The summed E-state index contributed by atoms with van der Waals surface area (Å²) in [6.07, 6.45) is -4.30. The first kappa shape index (κ1) is 28.9. The minimum atomic E-state index is -4.98. The Bertz CT molecular complexity index is 1700. The van der Waals surface area contributed by atoms with Crippen LogP contribution in [0.25, 0.3) is 17.2 Å². The maximum atomic E-state index is 13.1. The van der Waals surface area contributed by atoms with E-state index in [1.54, 1.807) is 0 Å². The molecule has 0 aliphatic rings. The number of aliphatic hydroxyl groups excluding tert-OH is 1. The third-order valence-electron chi connectivity index (χ3n) is 5.26. The van der Waals surface area contributed by atoms with Crippen LogP contribution in [0.1, 0.15) is 5.82 Å². The molecule has 1 aromatic carbocycles. The number of halogens is 4. The molecule has 0 spiro atoms. The minimum absolute atomic E-state index is 0.00448. The highest BCUT2D eigenvalue weighted by Gasteiger charge is 2.39. The van der Waals surface area contributed by atoms with Gasteiger partial charge in [-0.3, -0.25) is 9.36 Å². The van der Waals surface area contributed by atoms with E-state index in [2.05, 4.69) is 25.5 Å². The van der Waals surface area contributed by atoms with E-state index in [1.807, 2.05) is 0 Å². The molecule has 0 aliphatic heterocycles. The van der Waals surface area contributed by atoms with Crippen molar-refractivity contribution >= 4 is 33.0 Å². The van der Waals surface area contributed by atoms with Gasteiger partial charge in [-0.25, -0.2) is 32.5 Å². The molecule has 1 amide bonds. The first-order valence-electron chi connectivity index (χ1n) is 11.2. The molecule has 2 N–H and O–H groups in total. The maximum absolute atomic E-state index is 13.1. The lowest BCUT2D eigenvalue weighted by Crippen LogP contribution is -2.37. The Balaban J connectivity index is 1.65. The number of rotatable bonds is 9. The molecule has 1 atom stereocenters. The van der Waals surface area contributed by atoms with Crippen LogP contribution in [0.5, 0.6) is 0 Å². The molecule has 40 heavy (non-hydrogen) atoms. The van der Waals surface area contributed by atoms with E-state index in [0.29, 0.717) is 9.59 Å². The Hall–Kier alpha value is -4.09. The first-order valence-corrected chi connectivity index (χ1v) is 13.7. The van der Waals surface area contributed by atoms with Crippen molar-refractivity contribution in [2.24, 2.45) is 0 Å². The van der Waals surface area contributed by atoms with E-state index >= 15 is 0 Å². The average Bonchev–Trinajstić information content (AvgIpc) is 3.43. The highest BCUT2D eigenvalue weighted by Crippen LogP contribution is 2.24. The fourth-order valence-corrected chi connectivity index (χ4v) is 4.18. The van der Waals surface area contributed by atoms with Gasteiger partial charge < -0.3 is 10.4 Å². The number of nitrogens with zero attached hydrogens (tertiary/aromatic N) is 7. The predicted octanol–water partition coefficient (Wildman–Crippen LogP) is 1.30. The number of aliphatic hydroxyl groups is 1. The average molecular weight is 601 g/mol.